The second-order valence-electron chi connectivity index (χ2n) is 5.40. The monoisotopic (exact) mass is 209 g/mol. The third kappa shape index (κ3) is 4.38. The maximum atomic E-state index is 3.77. The van der Waals surface area contributed by atoms with Crippen molar-refractivity contribution in [2.45, 2.75) is 65.0 Å². The molecule has 1 fully saturated rings. The van der Waals surface area contributed by atoms with Crippen LogP contribution in [0.15, 0.2) is 12.7 Å². The summed E-state index contributed by atoms with van der Waals surface area (Å²) >= 11 is 0. The Bertz CT molecular complexity index is 188. The lowest BCUT2D eigenvalue weighted by Gasteiger charge is -2.34. The Balaban J connectivity index is 2.23. The first kappa shape index (κ1) is 12.8. The molecule has 4 unspecified atom stereocenters. The molecule has 0 aliphatic heterocycles. The summed E-state index contributed by atoms with van der Waals surface area (Å²) in [5.41, 5.74) is 0. The van der Waals surface area contributed by atoms with Gasteiger partial charge in [-0.1, -0.05) is 19.9 Å². The van der Waals surface area contributed by atoms with Gasteiger partial charge < -0.3 is 5.32 Å². The molecule has 0 heterocycles. The summed E-state index contributed by atoms with van der Waals surface area (Å²) in [6.45, 7) is 10.9. The third-order valence-electron chi connectivity index (χ3n) is 3.92. The summed E-state index contributed by atoms with van der Waals surface area (Å²) in [7, 11) is 0. The molecular weight excluding hydrogens is 182 g/mol. The summed E-state index contributed by atoms with van der Waals surface area (Å²) in [5.74, 6) is 1.81. The van der Waals surface area contributed by atoms with E-state index in [1.807, 2.05) is 6.08 Å². The van der Waals surface area contributed by atoms with Gasteiger partial charge in [0, 0.05) is 12.1 Å². The highest BCUT2D eigenvalue weighted by atomic mass is 14.9. The van der Waals surface area contributed by atoms with Crippen molar-refractivity contribution < 1.29 is 0 Å². The topological polar surface area (TPSA) is 12.0 Å². The summed E-state index contributed by atoms with van der Waals surface area (Å²) in [5, 5.41) is 3.76. The Morgan fingerprint density at radius 2 is 2.07 bits per heavy atom. The van der Waals surface area contributed by atoms with Crippen LogP contribution in [-0.4, -0.2) is 12.1 Å². The number of hydrogen-bond donors (Lipinski definition) is 1. The SMILES string of the molecule is C=CCCC(C)NC1CCC(C)C(C)C1. The lowest BCUT2D eigenvalue weighted by Crippen LogP contribution is -2.41. The minimum absolute atomic E-state index is 0.647. The summed E-state index contributed by atoms with van der Waals surface area (Å²) in [6, 6.07) is 1.41. The van der Waals surface area contributed by atoms with Crippen LogP contribution in [0.5, 0.6) is 0 Å². The van der Waals surface area contributed by atoms with Crippen LogP contribution in [0.25, 0.3) is 0 Å². The zero-order chi connectivity index (χ0) is 11.3. The normalized spacial score (nSPS) is 33.7. The summed E-state index contributed by atoms with van der Waals surface area (Å²) < 4.78 is 0. The van der Waals surface area contributed by atoms with E-state index in [9.17, 15) is 0 Å². The smallest absolute Gasteiger partial charge is 0.00722 e. The highest BCUT2D eigenvalue weighted by Gasteiger charge is 2.24. The van der Waals surface area contributed by atoms with Gasteiger partial charge in [-0.05, 0) is 50.9 Å². The molecule has 0 spiro atoms. The predicted octanol–water partition coefficient (Wildman–Crippen LogP) is 3.76. The van der Waals surface area contributed by atoms with Crippen molar-refractivity contribution in [2.75, 3.05) is 0 Å². The van der Waals surface area contributed by atoms with E-state index in [0.717, 1.165) is 24.3 Å². The molecule has 1 aliphatic rings. The molecule has 0 saturated heterocycles. The van der Waals surface area contributed by atoms with Gasteiger partial charge in [-0.2, -0.15) is 0 Å². The second kappa shape index (κ2) is 6.32. The average molecular weight is 209 g/mol. The lowest BCUT2D eigenvalue weighted by atomic mass is 9.79. The molecule has 0 aromatic carbocycles. The van der Waals surface area contributed by atoms with Crippen LogP contribution in [-0.2, 0) is 0 Å². The Hall–Kier alpha value is -0.300. The number of nitrogens with one attached hydrogen (secondary N) is 1. The minimum Gasteiger partial charge on any atom is -0.311 e. The molecule has 1 aliphatic carbocycles. The Morgan fingerprint density at radius 1 is 1.33 bits per heavy atom. The molecule has 4 atom stereocenters. The Labute approximate surface area is 95.3 Å². The first-order chi connectivity index (χ1) is 7.13. The van der Waals surface area contributed by atoms with E-state index >= 15 is 0 Å². The lowest BCUT2D eigenvalue weighted by molar-refractivity contribution is 0.215. The van der Waals surface area contributed by atoms with Crippen LogP contribution in [0.2, 0.25) is 0 Å². The number of allylic oxidation sites excluding steroid dienone is 1. The number of rotatable bonds is 5. The highest BCUT2D eigenvalue weighted by molar-refractivity contribution is 4.82. The van der Waals surface area contributed by atoms with Gasteiger partial charge in [0.15, 0.2) is 0 Å². The van der Waals surface area contributed by atoms with Gasteiger partial charge in [-0.25, -0.2) is 0 Å². The minimum atomic E-state index is 0.647. The van der Waals surface area contributed by atoms with E-state index in [-0.39, 0.29) is 0 Å². The zero-order valence-corrected chi connectivity index (χ0v) is 10.6. The third-order valence-corrected chi connectivity index (χ3v) is 3.92. The average Bonchev–Trinajstić information content (AvgIpc) is 2.20. The molecular formula is C14H27N. The largest absolute Gasteiger partial charge is 0.311 e. The van der Waals surface area contributed by atoms with E-state index in [1.54, 1.807) is 0 Å². The zero-order valence-electron chi connectivity index (χ0n) is 10.6. The fourth-order valence-corrected chi connectivity index (χ4v) is 2.55. The maximum Gasteiger partial charge on any atom is 0.00722 e. The van der Waals surface area contributed by atoms with Crippen molar-refractivity contribution in [3.8, 4) is 0 Å². The van der Waals surface area contributed by atoms with Crippen molar-refractivity contribution >= 4 is 0 Å². The van der Waals surface area contributed by atoms with Crippen LogP contribution < -0.4 is 5.32 Å². The van der Waals surface area contributed by atoms with E-state index in [1.165, 1.54) is 25.7 Å². The van der Waals surface area contributed by atoms with Gasteiger partial charge in [0.05, 0.1) is 0 Å². The fourth-order valence-electron chi connectivity index (χ4n) is 2.55. The number of hydrogen-bond acceptors (Lipinski definition) is 1. The van der Waals surface area contributed by atoms with E-state index in [0.29, 0.717) is 6.04 Å². The summed E-state index contributed by atoms with van der Waals surface area (Å²) in [6.07, 6.45) is 8.50. The van der Waals surface area contributed by atoms with Crippen molar-refractivity contribution in [3.05, 3.63) is 12.7 Å². The Morgan fingerprint density at radius 3 is 2.67 bits per heavy atom. The molecule has 1 nitrogen and oxygen atoms in total. The molecule has 0 aromatic rings. The van der Waals surface area contributed by atoms with Crippen LogP contribution in [0.4, 0.5) is 0 Å². The van der Waals surface area contributed by atoms with Crippen LogP contribution in [0.1, 0.15) is 52.9 Å². The van der Waals surface area contributed by atoms with Crippen LogP contribution in [0, 0.1) is 11.8 Å². The van der Waals surface area contributed by atoms with Crippen LogP contribution in [0.3, 0.4) is 0 Å². The summed E-state index contributed by atoms with van der Waals surface area (Å²) in [4.78, 5) is 0. The van der Waals surface area contributed by atoms with Crippen molar-refractivity contribution in [1.29, 1.82) is 0 Å². The van der Waals surface area contributed by atoms with Gasteiger partial charge >= 0.3 is 0 Å². The molecule has 1 N–H and O–H groups in total. The molecule has 0 amide bonds. The molecule has 88 valence electrons. The standard InChI is InChI=1S/C14H27N/c1-5-6-7-13(4)15-14-9-8-11(2)12(3)10-14/h5,11-15H,1,6-10H2,2-4H3. The molecule has 1 heteroatoms. The van der Waals surface area contributed by atoms with E-state index < -0.39 is 0 Å². The first-order valence-electron chi connectivity index (χ1n) is 6.50. The molecule has 0 aromatic heterocycles. The van der Waals surface area contributed by atoms with E-state index in [4.69, 9.17) is 0 Å². The van der Waals surface area contributed by atoms with Crippen molar-refractivity contribution in [1.82, 2.24) is 5.32 Å². The van der Waals surface area contributed by atoms with E-state index in [2.05, 4.69) is 32.7 Å². The first-order valence-corrected chi connectivity index (χ1v) is 6.50. The Kier molecular flexibility index (Phi) is 5.38. The van der Waals surface area contributed by atoms with Crippen molar-refractivity contribution in [3.63, 3.8) is 0 Å². The second-order valence-corrected chi connectivity index (χ2v) is 5.40. The highest BCUT2D eigenvalue weighted by Crippen LogP contribution is 2.29. The van der Waals surface area contributed by atoms with Gasteiger partial charge in [0.25, 0.3) is 0 Å². The molecule has 15 heavy (non-hydrogen) atoms. The maximum absolute atomic E-state index is 3.77. The van der Waals surface area contributed by atoms with Gasteiger partial charge in [-0.15, -0.1) is 6.58 Å². The molecule has 0 radical (unpaired) electrons. The van der Waals surface area contributed by atoms with Gasteiger partial charge in [0.1, 0.15) is 0 Å². The molecule has 1 saturated carbocycles. The molecule has 1 rings (SSSR count). The predicted molar refractivity (Wildman–Crippen MR) is 68.0 cm³/mol. The quantitative estimate of drug-likeness (QED) is 0.680. The molecule has 0 bridgehead atoms. The van der Waals surface area contributed by atoms with Gasteiger partial charge in [-0.3, -0.25) is 0 Å². The van der Waals surface area contributed by atoms with Crippen molar-refractivity contribution in [2.24, 2.45) is 11.8 Å². The fraction of sp³-hybridized carbons (Fsp3) is 0.857. The van der Waals surface area contributed by atoms with Gasteiger partial charge in [0.2, 0.25) is 0 Å². The van der Waals surface area contributed by atoms with Crippen LogP contribution >= 0.6 is 0 Å².